The summed E-state index contributed by atoms with van der Waals surface area (Å²) < 4.78 is 42.9. The van der Waals surface area contributed by atoms with Gasteiger partial charge in [-0.2, -0.15) is 8.42 Å². The van der Waals surface area contributed by atoms with Gasteiger partial charge in [0.15, 0.2) is 17.2 Å². The Balaban J connectivity index is 1.82. The first kappa shape index (κ1) is 21.4. The average Bonchev–Trinajstić information content (AvgIpc) is 2.71. The van der Waals surface area contributed by atoms with E-state index in [1.165, 1.54) is 0 Å². The number of hydrogen-bond donors (Lipinski definition) is 1. The molecule has 1 saturated heterocycles. The Morgan fingerprint density at radius 2 is 1.69 bits per heavy atom. The molecule has 2 N–H and O–H groups in total. The third kappa shape index (κ3) is 5.01. The Labute approximate surface area is 170 Å². The minimum absolute atomic E-state index is 0.113. The number of anilines is 1. The second-order valence-corrected chi connectivity index (χ2v) is 8.15. The summed E-state index contributed by atoms with van der Waals surface area (Å²) in [6.45, 7) is 1.73. The lowest BCUT2D eigenvalue weighted by Crippen LogP contribution is -2.34. The maximum atomic E-state index is 10.9. The molecule has 10 heteroatoms. The van der Waals surface area contributed by atoms with Crippen molar-refractivity contribution in [1.82, 2.24) is 4.98 Å². The van der Waals surface area contributed by atoms with Crippen molar-refractivity contribution in [2.45, 2.75) is 19.3 Å². The minimum atomic E-state index is -3.88. The number of aromatic nitrogens is 1. The zero-order valence-electron chi connectivity index (χ0n) is 16.9. The fourth-order valence-electron chi connectivity index (χ4n) is 3.74. The maximum absolute atomic E-state index is 10.9. The number of hydrogen-bond acceptors (Lipinski definition) is 8. The number of pyridine rings is 1. The van der Waals surface area contributed by atoms with Gasteiger partial charge in [0, 0.05) is 24.5 Å². The van der Waals surface area contributed by atoms with Crippen molar-refractivity contribution in [1.29, 1.82) is 0 Å². The van der Waals surface area contributed by atoms with Crippen molar-refractivity contribution in [3.05, 3.63) is 18.3 Å². The van der Waals surface area contributed by atoms with E-state index in [1.807, 2.05) is 12.1 Å². The molecule has 0 bridgehead atoms. The van der Waals surface area contributed by atoms with E-state index >= 15 is 0 Å². The van der Waals surface area contributed by atoms with Crippen molar-refractivity contribution in [2.75, 3.05) is 45.9 Å². The highest BCUT2D eigenvalue weighted by atomic mass is 32.2. The summed E-state index contributed by atoms with van der Waals surface area (Å²) in [5.41, 5.74) is 1.76. The maximum Gasteiger partial charge on any atom is 0.333 e. The van der Waals surface area contributed by atoms with Crippen LogP contribution in [0.3, 0.4) is 0 Å². The normalized spacial score (nSPS) is 15.5. The summed E-state index contributed by atoms with van der Waals surface area (Å²) >= 11 is 0. The van der Waals surface area contributed by atoms with E-state index in [2.05, 4.69) is 14.1 Å². The summed E-state index contributed by atoms with van der Waals surface area (Å²) in [6, 6.07) is 3.78. The van der Waals surface area contributed by atoms with Crippen LogP contribution in [0.1, 0.15) is 19.3 Å². The van der Waals surface area contributed by atoms with Crippen LogP contribution in [0.5, 0.6) is 17.2 Å². The van der Waals surface area contributed by atoms with E-state index in [1.54, 1.807) is 27.5 Å². The fraction of sp³-hybridized carbons (Fsp3) is 0.526. The smallest absolute Gasteiger partial charge is 0.333 e. The average molecular weight is 426 g/mol. The van der Waals surface area contributed by atoms with Gasteiger partial charge in [-0.3, -0.25) is 9.17 Å². The Hall–Kier alpha value is -2.30. The summed E-state index contributed by atoms with van der Waals surface area (Å²) in [5, 5.41) is 5.81. The zero-order valence-corrected chi connectivity index (χ0v) is 17.7. The van der Waals surface area contributed by atoms with Gasteiger partial charge in [-0.25, -0.2) is 5.14 Å². The summed E-state index contributed by atoms with van der Waals surface area (Å²) in [5.74, 6) is 2.32. The molecule has 29 heavy (non-hydrogen) atoms. The van der Waals surface area contributed by atoms with Crippen molar-refractivity contribution < 1.29 is 26.8 Å². The molecule has 1 aromatic carbocycles. The highest BCUT2D eigenvalue weighted by Gasteiger charge is 2.24. The van der Waals surface area contributed by atoms with Gasteiger partial charge in [0.1, 0.15) is 0 Å². The van der Waals surface area contributed by atoms with Crippen molar-refractivity contribution in [3.63, 3.8) is 0 Å². The number of fused-ring (bicyclic) bond motifs is 1. The summed E-state index contributed by atoms with van der Waals surface area (Å²) in [7, 11) is 0.948. The van der Waals surface area contributed by atoms with Crippen molar-refractivity contribution in [2.24, 2.45) is 11.1 Å². The molecule has 1 aliphatic heterocycles. The van der Waals surface area contributed by atoms with Crippen LogP contribution in [0.25, 0.3) is 10.9 Å². The van der Waals surface area contributed by atoms with Crippen LogP contribution in [0, 0.1) is 5.92 Å². The van der Waals surface area contributed by atoms with Crippen LogP contribution >= 0.6 is 0 Å². The van der Waals surface area contributed by atoms with Crippen LogP contribution in [-0.4, -0.2) is 54.4 Å². The predicted molar refractivity (Wildman–Crippen MR) is 110 cm³/mol. The third-order valence-corrected chi connectivity index (χ3v) is 5.73. The van der Waals surface area contributed by atoms with E-state index in [4.69, 9.17) is 19.3 Å². The lowest BCUT2D eigenvalue weighted by molar-refractivity contribution is 0.262. The quantitative estimate of drug-likeness (QED) is 0.684. The predicted octanol–water partition coefficient (Wildman–Crippen LogP) is 2.09. The number of rotatable bonds is 8. The van der Waals surface area contributed by atoms with Crippen molar-refractivity contribution in [3.8, 4) is 17.2 Å². The van der Waals surface area contributed by atoms with E-state index in [0.717, 1.165) is 42.5 Å². The van der Waals surface area contributed by atoms with E-state index < -0.39 is 10.3 Å². The van der Waals surface area contributed by atoms with Crippen LogP contribution < -0.4 is 24.2 Å². The second-order valence-electron chi connectivity index (χ2n) is 6.93. The summed E-state index contributed by atoms with van der Waals surface area (Å²) in [4.78, 5) is 6.77. The molecule has 0 aliphatic carbocycles. The lowest BCUT2D eigenvalue weighted by atomic mass is 9.93. The first-order valence-corrected chi connectivity index (χ1v) is 10.8. The van der Waals surface area contributed by atoms with Crippen LogP contribution in [0.4, 0.5) is 5.69 Å². The van der Waals surface area contributed by atoms with Gasteiger partial charge in [0.25, 0.3) is 0 Å². The van der Waals surface area contributed by atoms with Gasteiger partial charge in [-0.05, 0) is 31.2 Å². The Morgan fingerprint density at radius 1 is 1.07 bits per heavy atom. The van der Waals surface area contributed by atoms with Gasteiger partial charge in [-0.1, -0.05) is 0 Å². The standard InChI is InChI=1S/C19H27N3O6S/c1-25-16-10-14-15(11-17(16)26-2)21-12-18(27-3)19(14)22-7-4-13(5-8-22)6-9-28-29(20,23)24/h10-13H,4-9H2,1-3H3,(H2,20,23,24). The number of piperidine rings is 1. The molecule has 9 nitrogen and oxygen atoms in total. The molecule has 0 amide bonds. The van der Waals surface area contributed by atoms with E-state index in [9.17, 15) is 8.42 Å². The molecule has 1 fully saturated rings. The van der Waals surface area contributed by atoms with Gasteiger partial charge in [0.2, 0.25) is 0 Å². The molecule has 0 atom stereocenters. The fourth-order valence-corrected chi connectivity index (χ4v) is 4.07. The molecule has 1 aliphatic rings. The Morgan fingerprint density at radius 3 is 2.28 bits per heavy atom. The largest absolute Gasteiger partial charge is 0.493 e. The van der Waals surface area contributed by atoms with Crippen LogP contribution in [0.15, 0.2) is 18.3 Å². The van der Waals surface area contributed by atoms with E-state index in [0.29, 0.717) is 29.6 Å². The van der Waals surface area contributed by atoms with Gasteiger partial charge in [-0.15, -0.1) is 0 Å². The molecule has 160 valence electrons. The molecule has 3 rings (SSSR count). The van der Waals surface area contributed by atoms with Crippen molar-refractivity contribution >= 4 is 26.9 Å². The molecule has 0 saturated carbocycles. The van der Waals surface area contributed by atoms with Crippen LogP contribution in [0.2, 0.25) is 0 Å². The molecule has 0 radical (unpaired) electrons. The number of benzene rings is 1. The highest BCUT2D eigenvalue weighted by molar-refractivity contribution is 7.84. The number of ether oxygens (including phenoxy) is 3. The van der Waals surface area contributed by atoms with Gasteiger partial charge < -0.3 is 19.1 Å². The molecule has 2 aromatic rings. The molecule has 0 spiro atoms. The van der Waals surface area contributed by atoms with E-state index in [-0.39, 0.29) is 6.61 Å². The number of nitrogens with two attached hydrogens (primary N) is 1. The van der Waals surface area contributed by atoms with Gasteiger partial charge in [0.05, 0.1) is 45.3 Å². The summed E-state index contributed by atoms with van der Waals surface area (Å²) in [6.07, 6.45) is 4.20. The number of nitrogens with zero attached hydrogens (tertiary/aromatic N) is 2. The zero-order chi connectivity index (χ0) is 21.0. The number of methoxy groups -OCH3 is 3. The monoisotopic (exact) mass is 425 g/mol. The SMILES string of the molecule is COc1cc2ncc(OC)c(N3CCC(CCOS(N)(=O)=O)CC3)c2cc1OC. The molecule has 2 heterocycles. The van der Waals surface area contributed by atoms with Gasteiger partial charge >= 0.3 is 10.3 Å². The first-order chi connectivity index (χ1) is 13.9. The Kier molecular flexibility index (Phi) is 6.66. The second kappa shape index (κ2) is 9.02. The molecular weight excluding hydrogens is 398 g/mol. The third-order valence-electron chi connectivity index (χ3n) is 5.24. The topological polar surface area (TPSA) is 113 Å². The minimum Gasteiger partial charge on any atom is -0.493 e. The van der Waals surface area contributed by atoms with Crippen LogP contribution in [-0.2, 0) is 14.5 Å². The molecular formula is C19H27N3O6S. The first-order valence-electron chi connectivity index (χ1n) is 9.37. The highest BCUT2D eigenvalue weighted by Crippen LogP contribution is 2.41. The molecule has 1 aromatic heterocycles. The Bertz CT molecular complexity index is 958. The molecule has 0 unspecified atom stereocenters. The lowest BCUT2D eigenvalue weighted by Gasteiger charge is -2.35.